The molecule has 2 aliphatic rings. The van der Waals surface area contributed by atoms with Crippen LogP contribution in [0.4, 0.5) is 5.95 Å². The number of fused-ring (bicyclic) bond motifs is 1. The van der Waals surface area contributed by atoms with Gasteiger partial charge in [0.2, 0.25) is 5.95 Å². The summed E-state index contributed by atoms with van der Waals surface area (Å²) < 4.78 is 1.06. The number of rotatable bonds is 7. The average Bonchev–Trinajstić information content (AvgIpc) is 3.32. The van der Waals surface area contributed by atoms with E-state index in [0.717, 1.165) is 96.5 Å². The summed E-state index contributed by atoms with van der Waals surface area (Å²) in [6.07, 6.45) is 2.71. The Morgan fingerprint density at radius 1 is 1.11 bits per heavy atom. The van der Waals surface area contributed by atoms with Gasteiger partial charge >= 0.3 is 0 Å². The van der Waals surface area contributed by atoms with E-state index in [9.17, 15) is 4.79 Å². The Labute approximate surface area is 219 Å². The number of thioether (sulfide) groups is 1. The lowest BCUT2D eigenvalue weighted by Crippen LogP contribution is -2.44. The van der Waals surface area contributed by atoms with Crippen LogP contribution in [0.25, 0.3) is 20.7 Å². The summed E-state index contributed by atoms with van der Waals surface area (Å²) in [4.78, 5) is 29.8. The molecule has 35 heavy (non-hydrogen) atoms. The van der Waals surface area contributed by atoms with E-state index >= 15 is 0 Å². The summed E-state index contributed by atoms with van der Waals surface area (Å²) in [7, 11) is 2.18. The van der Waals surface area contributed by atoms with Crippen LogP contribution in [-0.2, 0) is 0 Å². The summed E-state index contributed by atoms with van der Waals surface area (Å²) in [5.74, 6) is 2.73. The van der Waals surface area contributed by atoms with Crippen LogP contribution in [0.3, 0.4) is 0 Å². The van der Waals surface area contributed by atoms with Gasteiger partial charge in [-0.15, -0.1) is 11.3 Å². The van der Waals surface area contributed by atoms with Crippen LogP contribution < -0.4 is 5.32 Å². The lowest BCUT2D eigenvalue weighted by molar-refractivity contribution is 0.0772. The van der Waals surface area contributed by atoms with Gasteiger partial charge in [0.1, 0.15) is 5.69 Å². The summed E-state index contributed by atoms with van der Waals surface area (Å²) in [5.41, 5.74) is 1.47. The van der Waals surface area contributed by atoms with Gasteiger partial charge in [0, 0.05) is 67.6 Å². The normalized spacial score (nSPS) is 17.7. The third kappa shape index (κ3) is 6.09. The van der Waals surface area contributed by atoms with Gasteiger partial charge in [-0.25, -0.2) is 9.97 Å². The molecule has 5 rings (SSSR count). The SMILES string of the molecule is CN1CCN(CCCNc2ncc(Cl)c(-c3cc4ccc(C(=O)N5CCSCC5)cc4s3)n2)CC1. The van der Waals surface area contributed by atoms with Crippen LogP contribution in [0.1, 0.15) is 16.8 Å². The number of halogens is 1. The lowest BCUT2D eigenvalue weighted by atomic mass is 10.1. The first-order chi connectivity index (χ1) is 17.1. The molecule has 2 saturated heterocycles. The monoisotopic (exact) mass is 530 g/mol. The van der Waals surface area contributed by atoms with E-state index in [1.807, 2.05) is 34.9 Å². The number of benzene rings is 1. The molecule has 0 radical (unpaired) electrons. The summed E-state index contributed by atoms with van der Waals surface area (Å²) >= 11 is 10.0. The van der Waals surface area contributed by atoms with Crippen molar-refractivity contribution in [3.05, 3.63) is 41.0 Å². The van der Waals surface area contributed by atoms with Gasteiger partial charge < -0.3 is 20.0 Å². The van der Waals surface area contributed by atoms with Crippen molar-refractivity contribution in [1.29, 1.82) is 0 Å². The Morgan fingerprint density at radius 2 is 1.91 bits per heavy atom. The molecule has 4 heterocycles. The number of aromatic nitrogens is 2. The first kappa shape index (κ1) is 24.8. The highest BCUT2D eigenvalue weighted by Crippen LogP contribution is 2.36. The minimum Gasteiger partial charge on any atom is -0.354 e. The summed E-state index contributed by atoms with van der Waals surface area (Å²) in [5, 5.41) is 4.98. The fourth-order valence-electron chi connectivity index (χ4n) is 4.43. The highest BCUT2D eigenvalue weighted by atomic mass is 35.5. The van der Waals surface area contributed by atoms with Crippen LogP contribution in [0, 0.1) is 0 Å². The van der Waals surface area contributed by atoms with Crippen LogP contribution in [0.15, 0.2) is 30.5 Å². The number of hydrogen-bond acceptors (Lipinski definition) is 8. The van der Waals surface area contributed by atoms with Gasteiger partial charge in [-0.2, -0.15) is 11.8 Å². The van der Waals surface area contributed by atoms with Crippen molar-refractivity contribution in [2.45, 2.75) is 6.42 Å². The van der Waals surface area contributed by atoms with Gasteiger partial charge in [-0.05, 0) is 43.6 Å². The minimum absolute atomic E-state index is 0.116. The average molecular weight is 531 g/mol. The quantitative estimate of drug-likeness (QED) is 0.458. The number of anilines is 1. The zero-order valence-electron chi connectivity index (χ0n) is 20.0. The minimum atomic E-state index is 0.116. The zero-order chi connectivity index (χ0) is 24.2. The van der Waals surface area contributed by atoms with Crippen LogP contribution in [0.2, 0.25) is 5.02 Å². The molecule has 186 valence electrons. The standard InChI is InChI=1S/C25H31ClN6OS2/c1-30-7-9-31(10-8-30)6-2-5-27-25-28-17-20(26)23(29-25)22-15-18-3-4-19(16-21(18)35-22)24(33)32-11-13-34-14-12-32/h3-4,15-17H,2,5-14H2,1H3,(H,27,28,29). The molecule has 0 bridgehead atoms. The smallest absolute Gasteiger partial charge is 0.253 e. The zero-order valence-corrected chi connectivity index (χ0v) is 22.4. The molecule has 3 aromatic rings. The number of carbonyl (C=O) groups excluding carboxylic acids is 1. The van der Waals surface area contributed by atoms with E-state index in [-0.39, 0.29) is 5.91 Å². The maximum Gasteiger partial charge on any atom is 0.253 e. The van der Waals surface area contributed by atoms with E-state index in [4.69, 9.17) is 16.6 Å². The Balaban J connectivity index is 1.24. The number of thiophene rings is 1. The van der Waals surface area contributed by atoms with Crippen molar-refractivity contribution in [1.82, 2.24) is 24.7 Å². The number of hydrogen-bond donors (Lipinski definition) is 1. The number of likely N-dealkylation sites (N-methyl/N-ethyl adjacent to an activating group) is 1. The van der Waals surface area contributed by atoms with Crippen molar-refractivity contribution < 1.29 is 4.79 Å². The Hall–Kier alpha value is -1.91. The van der Waals surface area contributed by atoms with Crippen LogP contribution in [0.5, 0.6) is 0 Å². The second kappa shape index (κ2) is 11.4. The molecule has 1 aromatic carbocycles. The molecule has 0 atom stereocenters. The Kier molecular flexibility index (Phi) is 8.09. The van der Waals surface area contributed by atoms with Crippen LogP contribution >= 0.6 is 34.7 Å². The number of carbonyl (C=O) groups is 1. The Bertz CT molecular complexity index is 1170. The number of nitrogens with zero attached hydrogens (tertiary/aromatic N) is 5. The molecular weight excluding hydrogens is 500 g/mol. The van der Waals surface area contributed by atoms with Gasteiger partial charge in [-0.3, -0.25) is 4.79 Å². The third-order valence-corrected chi connectivity index (χ3v) is 8.90. The first-order valence-corrected chi connectivity index (χ1v) is 14.5. The maximum absolute atomic E-state index is 12.9. The predicted molar refractivity (Wildman–Crippen MR) is 148 cm³/mol. The van der Waals surface area contributed by atoms with Crippen molar-refractivity contribution in [2.75, 3.05) is 76.2 Å². The second-order valence-electron chi connectivity index (χ2n) is 9.08. The molecule has 2 aliphatic heterocycles. The number of amides is 1. The summed E-state index contributed by atoms with van der Waals surface area (Å²) in [6, 6.07) is 8.04. The molecule has 0 unspecified atom stereocenters. The van der Waals surface area contributed by atoms with E-state index < -0.39 is 0 Å². The van der Waals surface area contributed by atoms with E-state index in [0.29, 0.717) is 11.0 Å². The molecule has 1 amide bonds. The highest BCUT2D eigenvalue weighted by Gasteiger charge is 2.20. The molecule has 2 fully saturated rings. The van der Waals surface area contributed by atoms with E-state index in [1.54, 1.807) is 17.5 Å². The maximum atomic E-state index is 12.9. The Morgan fingerprint density at radius 3 is 2.71 bits per heavy atom. The molecule has 10 heteroatoms. The van der Waals surface area contributed by atoms with Crippen molar-refractivity contribution >= 4 is 56.6 Å². The van der Waals surface area contributed by atoms with Gasteiger partial charge in [-0.1, -0.05) is 17.7 Å². The molecular formula is C25H31ClN6OS2. The van der Waals surface area contributed by atoms with E-state index in [1.165, 1.54) is 0 Å². The van der Waals surface area contributed by atoms with Gasteiger partial charge in [0.15, 0.2) is 0 Å². The molecule has 0 saturated carbocycles. The largest absolute Gasteiger partial charge is 0.354 e. The molecule has 7 nitrogen and oxygen atoms in total. The predicted octanol–water partition coefficient (Wildman–Crippen LogP) is 4.25. The van der Waals surface area contributed by atoms with Crippen LogP contribution in [-0.4, -0.2) is 101 Å². The molecule has 1 N–H and O–H groups in total. The highest BCUT2D eigenvalue weighted by molar-refractivity contribution is 7.99. The van der Waals surface area contributed by atoms with Crippen molar-refractivity contribution in [3.63, 3.8) is 0 Å². The van der Waals surface area contributed by atoms with Gasteiger partial charge in [0.05, 0.1) is 16.1 Å². The topological polar surface area (TPSA) is 64.6 Å². The fourth-order valence-corrected chi connectivity index (χ4v) is 6.69. The molecule has 0 aliphatic carbocycles. The molecule has 2 aromatic heterocycles. The van der Waals surface area contributed by atoms with Crippen molar-refractivity contribution in [3.8, 4) is 10.6 Å². The number of piperazine rings is 1. The summed E-state index contributed by atoms with van der Waals surface area (Å²) in [6.45, 7) is 8.08. The third-order valence-electron chi connectivity index (χ3n) is 6.57. The fraction of sp³-hybridized carbons (Fsp3) is 0.480. The number of nitrogens with one attached hydrogen (secondary N) is 1. The second-order valence-corrected chi connectivity index (χ2v) is 11.8. The van der Waals surface area contributed by atoms with E-state index in [2.05, 4.69) is 33.2 Å². The molecule has 0 spiro atoms. The lowest BCUT2D eigenvalue weighted by Gasteiger charge is -2.32. The first-order valence-electron chi connectivity index (χ1n) is 12.1. The van der Waals surface area contributed by atoms with Crippen molar-refractivity contribution in [2.24, 2.45) is 0 Å². The van der Waals surface area contributed by atoms with Gasteiger partial charge in [0.25, 0.3) is 5.91 Å².